The van der Waals surface area contributed by atoms with Gasteiger partial charge < -0.3 is 15.2 Å². The first-order valence-corrected chi connectivity index (χ1v) is 9.22. The van der Waals surface area contributed by atoms with E-state index in [9.17, 15) is 15.0 Å². The van der Waals surface area contributed by atoms with Crippen molar-refractivity contribution in [2.75, 3.05) is 19.6 Å². The normalized spacial score (nSPS) is 29.6. The van der Waals surface area contributed by atoms with Crippen LogP contribution in [0.3, 0.4) is 0 Å². The van der Waals surface area contributed by atoms with E-state index in [0.29, 0.717) is 30.5 Å². The summed E-state index contributed by atoms with van der Waals surface area (Å²) in [5.41, 5.74) is 0.796. The van der Waals surface area contributed by atoms with Crippen LogP contribution < -0.4 is 5.56 Å². The maximum atomic E-state index is 11.1. The first kappa shape index (κ1) is 17.4. The van der Waals surface area contributed by atoms with Gasteiger partial charge in [-0.3, -0.25) is 14.7 Å². The minimum atomic E-state index is -0.714. The quantitative estimate of drug-likeness (QED) is 0.748. The number of hydrogen-bond donors (Lipinski definition) is 3. The van der Waals surface area contributed by atoms with Crippen molar-refractivity contribution in [2.45, 2.75) is 31.0 Å². The number of aliphatic hydroxyl groups is 2. The van der Waals surface area contributed by atoms with Gasteiger partial charge in [0.2, 0.25) is 0 Å². The first-order valence-electron chi connectivity index (χ1n) is 9.22. The summed E-state index contributed by atoms with van der Waals surface area (Å²) in [4.78, 5) is 19.9. The van der Waals surface area contributed by atoms with Crippen LogP contribution in [0.4, 0.5) is 0 Å². The zero-order chi connectivity index (χ0) is 18.1. The zero-order valence-corrected chi connectivity index (χ0v) is 14.7. The maximum absolute atomic E-state index is 11.1. The Bertz CT molecular complexity index is 773. The van der Waals surface area contributed by atoms with Crippen molar-refractivity contribution in [2.24, 2.45) is 11.8 Å². The highest BCUT2D eigenvalue weighted by Crippen LogP contribution is 2.45. The van der Waals surface area contributed by atoms with E-state index in [1.807, 2.05) is 18.2 Å². The molecule has 1 aliphatic carbocycles. The highest BCUT2D eigenvalue weighted by molar-refractivity contribution is 5.18. The van der Waals surface area contributed by atoms with Gasteiger partial charge in [-0.1, -0.05) is 30.3 Å². The summed E-state index contributed by atoms with van der Waals surface area (Å²) in [7, 11) is 0. The summed E-state index contributed by atoms with van der Waals surface area (Å²) in [6.07, 6.45) is 4.30. The van der Waals surface area contributed by atoms with E-state index in [1.165, 1.54) is 18.0 Å². The smallest absolute Gasteiger partial charge is 0.266 e. The largest absolute Gasteiger partial charge is 0.390 e. The summed E-state index contributed by atoms with van der Waals surface area (Å²) in [6.45, 7) is 2.29. The van der Waals surface area contributed by atoms with E-state index in [4.69, 9.17) is 0 Å². The number of rotatable bonds is 5. The van der Waals surface area contributed by atoms with Crippen LogP contribution >= 0.6 is 0 Å². The standard InChI is InChI=1S/C20H25N3O3/c24-18(17-9-22-19(25)10-21-17)13-23-11-15-7-20(26,8-16(15)12-23)6-14-4-2-1-3-5-14/h1-5,9-10,15-16,18,24,26H,6-8,11-13H2,(H,22,25)/t15-,16?,18?,20?/m1/s1. The van der Waals surface area contributed by atoms with Gasteiger partial charge in [0.05, 0.1) is 17.5 Å². The fourth-order valence-corrected chi connectivity index (χ4v) is 4.70. The van der Waals surface area contributed by atoms with Crippen molar-refractivity contribution < 1.29 is 10.2 Å². The van der Waals surface area contributed by atoms with Crippen molar-refractivity contribution in [1.82, 2.24) is 14.9 Å². The van der Waals surface area contributed by atoms with Gasteiger partial charge in [-0.25, -0.2) is 0 Å². The van der Waals surface area contributed by atoms with Gasteiger partial charge >= 0.3 is 0 Å². The van der Waals surface area contributed by atoms with E-state index in [-0.39, 0.29) is 5.56 Å². The van der Waals surface area contributed by atoms with Gasteiger partial charge in [-0.05, 0) is 30.2 Å². The third kappa shape index (κ3) is 3.72. The van der Waals surface area contributed by atoms with Crippen molar-refractivity contribution in [3.63, 3.8) is 0 Å². The fraction of sp³-hybridized carbons (Fsp3) is 0.500. The fourth-order valence-electron chi connectivity index (χ4n) is 4.70. The molecule has 2 aliphatic rings. The molecule has 2 aromatic rings. The molecule has 1 aromatic heterocycles. The number of hydrogen-bond acceptors (Lipinski definition) is 5. The Hall–Kier alpha value is -2.02. The van der Waals surface area contributed by atoms with Crippen LogP contribution in [0.25, 0.3) is 0 Å². The van der Waals surface area contributed by atoms with Crippen molar-refractivity contribution in [3.05, 3.63) is 64.3 Å². The van der Waals surface area contributed by atoms with Gasteiger partial charge in [0.25, 0.3) is 5.56 Å². The average molecular weight is 355 g/mol. The lowest BCUT2D eigenvalue weighted by molar-refractivity contribution is 0.0327. The Labute approximate surface area is 152 Å². The molecule has 2 fully saturated rings. The Morgan fingerprint density at radius 2 is 1.92 bits per heavy atom. The molecule has 2 heterocycles. The molecule has 1 aliphatic heterocycles. The highest BCUT2D eigenvalue weighted by Gasteiger charge is 2.48. The average Bonchev–Trinajstić information content (AvgIpc) is 3.10. The number of H-pyrrole nitrogens is 1. The number of likely N-dealkylation sites (tertiary alicyclic amines) is 1. The predicted molar refractivity (Wildman–Crippen MR) is 97.6 cm³/mol. The molecule has 1 saturated heterocycles. The molecule has 4 atom stereocenters. The second-order valence-corrected chi connectivity index (χ2v) is 7.89. The molecule has 0 spiro atoms. The zero-order valence-electron chi connectivity index (χ0n) is 14.7. The van der Waals surface area contributed by atoms with Gasteiger partial charge in [0, 0.05) is 32.3 Å². The Kier molecular flexibility index (Phi) is 4.65. The summed E-state index contributed by atoms with van der Waals surface area (Å²) in [5, 5.41) is 21.4. The summed E-state index contributed by atoms with van der Waals surface area (Å²) >= 11 is 0. The molecular weight excluding hydrogens is 330 g/mol. The van der Waals surface area contributed by atoms with Crippen LogP contribution in [0, 0.1) is 11.8 Å². The van der Waals surface area contributed by atoms with Crippen molar-refractivity contribution >= 4 is 0 Å². The van der Waals surface area contributed by atoms with Crippen LogP contribution in [-0.2, 0) is 6.42 Å². The molecule has 0 bridgehead atoms. The third-order valence-corrected chi connectivity index (χ3v) is 5.78. The number of nitrogens with one attached hydrogen (secondary N) is 1. The second-order valence-electron chi connectivity index (χ2n) is 7.89. The van der Waals surface area contributed by atoms with Gasteiger partial charge in [0.1, 0.15) is 6.10 Å². The van der Waals surface area contributed by atoms with Crippen LogP contribution in [0.1, 0.15) is 30.2 Å². The van der Waals surface area contributed by atoms with E-state index < -0.39 is 11.7 Å². The monoisotopic (exact) mass is 355 g/mol. The lowest BCUT2D eigenvalue weighted by Crippen LogP contribution is -2.33. The molecule has 3 unspecified atom stereocenters. The predicted octanol–water partition coefficient (Wildman–Crippen LogP) is 1.12. The number of nitrogens with zero attached hydrogens (tertiary/aromatic N) is 2. The summed E-state index contributed by atoms with van der Waals surface area (Å²) < 4.78 is 0. The topological polar surface area (TPSA) is 89.4 Å². The SMILES string of the molecule is O=c1cnc(C(O)CN2CC3CC(O)(Cc4ccccc4)C[C@@H]3C2)c[nH]1. The summed E-state index contributed by atoms with van der Waals surface area (Å²) in [6, 6.07) is 10.2. The number of benzene rings is 1. The van der Waals surface area contributed by atoms with E-state index >= 15 is 0 Å². The first-order chi connectivity index (χ1) is 12.5. The van der Waals surface area contributed by atoms with Crippen LogP contribution in [0.2, 0.25) is 0 Å². The number of aromatic nitrogens is 2. The lowest BCUT2D eigenvalue weighted by atomic mass is 9.91. The van der Waals surface area contributed by atoms with E-state index in [1.54, 1.807) is 0 Å². The molecule has 26 heavy (non-hydrogen) atoms. The number of β-amino-alcohol motifs (C(OH)–C–C–N with tert-alkyl or cyclic N) is 1. The Balaban J connectivity index is 1.33. The van der Waals surface area contributed by atoms with E-state index in [2.05, 4.69) is 27.0 Å². The molecule has 138 valence electrons. The minimum absolute atomic E-state index is 0.269. The van der Waals surface area contributed by atoms with Gasteiger partial charge in [-0.2, -0.15) is 0 Å². The van der Waals surface area contributed by atoms with Crippen LogP contribution in [-0.4, -0.2) is 50.3 Å². The highest BCUT2D eigenvalue weighted by atomic mass is 16.3. The van der Waals surface area contributed by atoms with E-state index in [0.717, 1.165) is 25.9 Å². The number of aliphatic hydroxyl groups excluding tert-OH is 1. The number of fused-ring (bicyclic) bond motifs is 1. The lowest BCUT2D eigenvalue weighted by Gasteiger charge is -2.26. The van der Waals surface area contributed by atoms with Gasteiger partial charge in [0.15, 0.2) is 0 Å². The second kappa shape index (κ2) is 6.95. The summed E-state index contributed by atoms with van der Waals surface area (Å²) in [5.74, 6) is 0.943. The molecule has 6 heteroatoms. The molecule has 3 N–H and O–H groups in total. The van der Waals surface area contributed by atoms with Crippen LogP contribution in [0.15, 0.2) is 47.5 Å². The molecular formula is C20H25N3O3. The molecule has 0 radical (unpaired) electrons. The minimum Gasteiger partial charge on any atom is -0.390 e. The Morgan fingerprint density at radius 3 is 2.54 bits per heavy atom. The molecule has 1 saturated carbocycles. The maximum Gasteiger partial charge on any atom is 0.266 e. The molecule has 6 nitrogen and oxygen atoms in total. The van der Waals surface area contributed by atoms with Gasteiger partial charge in [-0.15, -0.1) is 0 Å². The third-order valence-electron chi connectivity index (χ3n) is 5.78. The molecule has 0 amide bonds. The Morgan fingerprint density at radius 1 is 1.23 bits per heavy atom. The number of aromatic amines is 1. The van der Waals surface area contributed by atoms with Crippen molar-refractivity contribution in [1.29, 1.82) is 0 Å². The van der Waals surface area contributed by atoms with Crippen LogP contribution in [0.5, 0.6) is 0 Å². The molecule has 4 rings (SSSR count). The van der Waals surface area contributed by atoms with Crippen molar-refractivity contribution in [3.8, 4) is 0 Å². The molecule has 1 aromatic carbocycles.